The van der Waals surface area contributed by atoms with Gasteiger partial charge in [-0.1, -0.05) is 6.07 Å². The van der Waals surface area contributed by atoms with Crippen LogP contribution in [0, 0.1) is 6.92 Å². The number of aliphatic hydroxyl groups excluding tert-OH is 1. The van der Waals surface area contributed by atoms with E-state index in [0.29, 0.717) is 23.0 Å². The van der Waals surface area contributed by atoms with Gasteiger partial charge in [-0.15, -0.1) is 0 Å². The number of hydrogen-bond acceptors (Lipinski definition) is 6. The number of ether oxygens (including phenoxy) is 1. The predicted molar refractivity (Wildman–Crippen MR) is 99.4 cm³/mol. The lowest BCUT2D eigenvalue weighted by Gasteiger charge is -2.25. The van der Waals surface area contributed by atoms with Gasteiger partial charge in [-0.3, -0.25) is 14.5 Å². The van der Waals surface area contributed by atoms with E-state index in [1.807, 2.05) is 0 Å². The highest BCUT2D eigenvalue weighted by Gasteiger charge is 2.46. The summed E-state index contributed by atoms with van der Waals surface area (Å²) in [6, 6.07) is 12.3. The zero-order valence-corrected chi connectivity index (χ0v) is 15.2. The number of hydrogen-bond donors (Lipinski definition) is 1. The van der Waals surface area contributed by atoms with E-state index in [1.54, 1.807) is 49.4 Å². The predicted octanol–water partition coefficient (Wildman–Crippen LogP) is 3.97. The summed E-state index contributed by atoms with van der Waals surface area (Å²) in [4.78, 5) is 27.2. The van der Waals surface area contributed by atoms with Crippen LogP contribution in [0.2, 0.25) is 0 Å². The largest absolute Gasteiger partial charge is 0.503 e. The van der Waals surface area contributed by atoms with Crippen LogP contribution in [0.4, 0.5) is 5.69 Å². The minimum absolute atomic E-state index is 0.0233. The number of anilines is 1. The van der Waals surface area contributed by atoms with E-state index < -0.39 is 23.5 Å². The van der Waals surface area contributed by atoms with Crippen LogP contribution < -0.4 is 9.64 Å². The van der Waals surface area contributed by atoms with E-state index in [4.69, 9.17) is 13.6 Å². The molecule has 28 heavy (non-hydrogen) atoms. The normalized spacial score (nSPS) is 16.7. The van der Waals surface area contributed by atoms with Crippen LogP contribution in [0.5, 0.6) is 5.75 Å². The highest BCUT2D eigenvalue weighted by molar-refractivity contribution is 6.20. The van der Waals surface area contributed by atoms with Crippen LogP contribution in [0.25, 0.3) is 0 Å². The number of Topliss-reactive ketones (excluding diaryl/α,β-unsaturated/α-hetero) is 1. The number of carbonyl (C=O) groups is 2. The van der Waals surface area contributed by atoms with Crippen molar-refractivity contribution in [2.24, 2.45) is 0 Å². The van der Waals surface area contributed by atoms with Gasteiger partial charge in [-0.25, -0.2) is 0 Å². The first-order chi connectivity index (χ1) is 13.5. The molecule has 0 fully saturated rings. The molecule has 142 valence electrons. The van der Waals surface area contributed by atoms with Crippen LogP contribution in [0.15, 0.2) is 75.0 Å². The Labute approximate surface area is 160 Å². The van der Waals surface area contributed by atoms with Gasteiger partial charge < -0.3 is 18.7 Å². The fraction of sp³-hybridized carbons (Fsp3) is 0.143. The third-order valence-electron chi connectivity index (χ3n) is 4.56. The summed E-state index contributed by atoms with van der Waals surface area (Å²) in [5, 5.41) is 10.6. The molecule has 3 heterocycles. The van der Waals surface area contributed by atoms with Gasteiger partial charge in [0.2, 0.25) is 5.78 Å². The van der Waals surface area contributed by atoms with Crippen LogP contribution in [0.1, 0.15) is 28.1 Å². The molecule has 1 aromatic carbocycles. The first-order valence-corrected chi connectivity index (χ1v) is 8.56. The molecule has 2 aromatic heterocycles. The van der Waals surface area contributed by atoms with Crippen molar-refractivity contribution in [3.05, 3.63) is 83.4 Å². The van der Waals surface area contributed by atoms with Crippen molar-refractivity contribution >= 4 is 17.4 Å². The molecule has 1 amide bonds. The molecule has 7 nitrogen and oxygen atoms in total. The van der Waals surface area contributed by atoms with Crippen LogP contribution in [-0.4, -0.2) is 23.9 Å². The third-order valence-corrected chi connectivity index (χ3v) is 4.56. The van der Waals surface area contributed by atoms with Crippen LogP contribution in [-0.2, 0) is 4.79 Å². The average molecular weight is 379 g/mol. The van der Waals surface area contributed by atoms with E-state index >= 15 is 0 Å². The van der Waals surface area contributed by atoms with Crippen molar-refractivity contribution in [1.29, 1.82) is 0 Å². The van der Waals surface area contributed by atoms with Crippen LogP contribution >= 0.6 is 0 Å². The SMILES string of the molecule is COc1cccc(N2C(=O)C(O)=C(C(=O)c3ccco3)C2c2ccc(C)o2)c1. The summed E-state index contributed by atoms with van der Waals surface area (Å²) in [6.45, 7) is 1.76. The number of nitrogens with zero attached hydrogens (tertiary/aromatic N) is 1. The maximum atomic E-state index is 13.0. The highest BCUT2D eigenvalue weighted by atomic mass is 16.5. The first kappa shape index (κ1) is 17.7. The number of aryl methyl sites for hydroxylation is 1. The van der Waals surface area contributed by atoms with Crippen molar-refractivity contribution < 1.29 is 28.3 Å². The Morgan fingerprint density at radius 3 is 2.64 bits per heavy atom. The lowest BCUT2D eigenvalue weighted by Crippen LogP contribution is -2.30. The van der Waals surface area contributed by atoms with E-state index in [0.717, 1.165) is 0 Å². The molecule has 0 saturated heterocycles. The Bertz CT molecular complexity index is 1080. The number of amides is 1. The monoisotopic (exact) mass is 379 g/mol. The van der Waals surface area contributed by atoms with Gasteiger partial charge in [-0.2, -0.15) is 0 Å². The van der Waals surface area contributed by atoms with Crippen molar-refractivity contribution in [3.63, 3.8) is 0 Å². The second-order valence-electron chi connectivity index (χ2n) is 6.30. The number of methoxy groups -OCH3 is 1. The molecule has 0 spiro atoms. The third kappa shape index (κ3) is 2.77. The molecule has 0 aliphatic carbocycles. The minimum Gasteiger partial charge on any atom is -0.503 e. The molecule has 0 radical (unpaired) electrons. The first-order valence-electron chi connectivity index (χ1n) is 8.56. The van der Waals surface area contributed by atoms with Crippen molar-refractivity contribution in [1.82, 2.24) is 0 Å². The molecule has 1 unspecified atom stereocenters. The van der Waals surface area contributed by atoms with Crippen molar-refractivity contribution in [3.8, 4) is 5.75 Å². The summed E-state index contributed by atoms with van der Waals surface area (Å²) in [5.41, 5.74) is 0.356. The summed E-state index contributed by atoms with van der Waals surface area (Å²) in [6.07, 6.45) is 1.35. The number of rotatable bonds is 5. The number of furan rings is 2. The lowest BCUT2D eigenvalue weighted by atomic mass is 9.99. The molecule has 4 rings (SSSR count). The summed E-state index contributed by atoms with van der Waals surface area (Å²) >= 11 is 0. The van der Waals surface area contributed by atoms with E-state index in [1.165, 1.54) is 24.3 Å². The average Bonchev–Trinajstić information content (AvgIpc) is 3.43. The molecule has 0 saturated carbocycles. The Balaban J connectivity index is 1.87. The molecular formula is C21H17NO6. The maximum Gasteiger partial charge on any atom is 0.294 e. The molecule has 1 aliphatic rings. The molecule has 7 heteroatoms. The second kappa shape index (κ2) is 6.77. The van der Waals surface area contributed by atoms with E-state index in [2.05, 4.69) is 0 Å². The van der Waals surface area contributed by atoms with Gasteiger partial charge in [-0.05, 0) is 43.3 Å². The standard InChI is InChI=1S/C21H17NO6/c1-12-8-9-15(28-12)18-17(19(23)16-7-4-10-27-16)20(24)21(25)22(18)13-5-3-6-14(11-13)26-2/h3-11,18,24H,1-2H3. The van der Waals surface area contributed by atoms with Gasteiger partial charge in [0, 0.05) is 11.8 Å². The van der Waals surface area contributed by atoms with Gasteiger partial charge in [0.15, 0.2) is 11.5 Å². The van der Waals surface area contributed by atoms with Gasteiger partial charge >= 0.3 is 0 Å². The van der Waals surface area contributed by atoms with Crippen molar-refractivity contribution in [2.75, 3.05) is 12.0 Å². The molecular weight excluding hydrogens is 362 g/mol. The highest BCUT2D eigenvalue weighted by Crippen LogP contribution is 2.43. The van der Waals surface area contributed by atoms with Gasteiger partial charge in [0.1, 0.15) is 23.3 Å². The lowest BCUT2D eigenvalue weighted by molar-refractivity contribution is -0.117. The topological polar surface area (TPSA) is 93.1 Å². The fourth-order valence-corrected chi connectivity index (χ4v) is 3.27. The van der Waals surface area contributed by atoms with Crippen molar-refractivity contribution in [2.45, 2.75) is 13.0 Å². The Morgan fingerprint density at radius 1 is 1.18 bits per heavy atom. The van der Waals surface area contributed by atoms with E-state index in [9.17, 15) is 14.7 Å². The zero-order valence-electron chi connectivity index (χ0n) is 15.2. The quantitative estimate of drug-likeness (QED) is 0.674. The molecule has 1 aliphatic heterocycles. The maximum absolute atomic E-state index is 13.0. The Kier molecular flexibility index (Phi) is 4.27. The van der Waals surface area contributed by atoms with E-state index in [-0.39, 0.29) is 11.3 Å². The van der Waals surface area contributed by atoms with Gasteiger partial charge in [0.25, 0.3) is 5.91 Å². The Morgan fingerprint density at radius 2 is 2.00 bits per heavy atom. The van der Waals surface area contributed by atoms with Crippen LogP contribution in [0.3, 0.4) is 0 Å². The molecule has 0 bridgehead atoms. The fourth-order valence-electron chi connectivity index (χ4n) is 3.27. The smallest absolute Gasteiger partial charge is 0.294 e. The number of aliphatic hydroxyl groups is 1. The summed E-state index contributed by atoms with van der Waals surface area (Å²) in [5.74, 6) is -0.400. The molecule has 3 aromatic rings. The van der Waals surface area contributed by atoms with Gasteiger partial charge in [0.05, 0.1) is 18.9 Å². The number of ketones is 1. The number of carbonyl (C=O) groups excluding carboxylic acids is 2. The molecule has 1 N–H and O–H groups in total. The Hall–Kier alpha value is -3.74. The molecule has 1 atom stereocenters. The second-order valence-corrected chi connectivity index (χ2v) is 6.30. The zero-order chi connectivity index (χ0) is 19.8. The summed E-state index contributed by atoms with van der Waals surface area (Å²) in [7, 11) is 1.51. The summed E-state index contributed by atoms with van der Waals surface area (Å²) < 4.78 is 16.1. The number of benzene rings is 1. The minimum atomic E-state index is -0.939.